The predicted octanol–water partition coefficient (Wildman–Crippen LogP) is 1.27. The topological polar surface area (TPSA) is 60.2 Å². The number of rotatable bonds is 7. The van der Waals surface area contributed by atoms with Crippen molar-refractivity contribution in [2.75, 3.05) is 6.61 Å². The van der Waals surface area contributed by atoms with Crippen LogP contribution in [-0.2, 0) is 11.2 Å². The summed E-state index contributed by atoms with van der Waals surface area (Å²) in [6.07, 6.45) is 5.82. The molecule has 0 aliphatic heterocycles. The molecule has 4 heteroatoms. The van der Waals surface area contributed by atoms with Gasteiger partial charge >= 0.3 is 0 Å². The smallest absolute Gasteiger partial charge is 0.0636 e. The third-order valence-corrected chi connectivity index (χ3v) is 2.40. The second-order valence-electron chi connectivity index (χ2n) is 4.14. The van der Waals surface area contributed by atoms with Crippen molar-refractivity contribution in [3.63, 3.8) is 0 Å². The van der Waals surface area contributed by atoms with Gasteiger partial charge in [-0.3, -0.25) is 16.3 Å². The fraction of sp³-hybridized carbons (Fsp3) is 0.583. The average Bonchev–Trinajstić information content (AvgIpc) is 2.30. The summed E-state index contributed by atoms with van der Waals surface area (Å²) >= 11 is 0. The van der Waals surface area contributed by atoms with Gasteiger partial charge < -0.3 is 4.74 Å². The fourth-order valence-corrected chi connectivity index (χ4v) is 1.41. The van der Waals surface area contributed by atoms with Crippen molar-refractivity contribution in [3.05, 3.63) is 30.1 Å². The summed E-state index contributed by atoms with van der Waals surface area (Å²) in [7, 11) is 0. The van der Waals surface area contributed by atoms with Crippen molar-refractivity contribution in [2.45, 2.75) is 38.8 Å². The van der Waals surface area contributed by atoms with Crippen LogP contribution >= 0.6 is 0 Å². The minimum absolute atomic E-state index is 0.204. The van der Waals surface area contributed by atoms with E-state index in [0.717, 1.165) is 12.8 Å². The van der Waals surface area contributed by atoms with Crippen LogP contribution in [-0.4, -0.2) is 23.7 Å². The van der Waals surface area contributed by atoms with Gasteiger partial charge in [0.2, 0.25) is 0 Å². The number of pyridine rings is 1. The molecule has 16 heavy (non-hydrogen) atoms. The van der Waals surface area contributed by atoms with Gasteiger partial charge in [0.15, 0.2) is 0 Å². The monoisotopic (exact) mass is 223 g/mol. The highest BCUT2D eigenvalue weighted by Crippen LogP contribution is 2.04. The molecule has 0 amide bonds. The molecule has 4 nitrogen and oxygen atoms in total. The SMILES string of the molecule is CC(C)OCC(CCc1ccncc1)NN. The lowest BCUT2D eigenvalue weighted by Gasteiger charge is -2.17. The van der Waals surface area contributed by atoms with Crippen LogP contribution in [0.1, 0.15) is 25.8 Å². The molecule has 0 spiro atoms. The van der Waals surface area contributed by atoms with Crippen molar-refractivity contribution < 1.29 is 4.74 Å². The quantitative estimate of drug-likeness (QED) is 0.540. The number of hydrogen-bond donors (Lipinski definition) is 2. The molecule has 0 bridgehead atoms. The van der Waals surface area contributed by atoms with E-state index in [9.17, 15) is 0 Å². The van der Waals surface area contributed by atoms with Gasteiger partial charge in [-0.2, -0.15) is 0 Å². The van der Waals surface area contributed by atoms with Gasteiger partial charge in [0.1, 0.15) is 0 Å². The molecule has 0 aliphatic carbocycles. The molecule has 0 aromatic carbocycles. The summed E-state index contributed by atoms with van der Waals surface area (Å²) in [4.78, 5) is 3.99. The van der Waals surface area contributed by atoms with E-state index < -0.39 is 0 Å². The van der Waals surface area contributed by atoms with Crippen LogP contribution in [0.15, 0.2) is 24.5 Å². The summed E-state index contributed by atoms with van der Waals surface area (Å²) < 4.78 is 5.53. The minimum atomic E-state index is 0.204. The van der Waals surface area contributed by atoms with Gasteiger partial charge in [-0.05, 0) is 44.4 Å². The standard InChI is InChI=1S/C12H21N3O/c1-10(2)16-9-12(15-13)4-3-11-5-7-14-8-6-11/h5-8,10,12,15H,3-4,9,13H2,1-2H3. The Labute approximate surface area is 97.2 Å². The number of nitrogens with one attached hydrogen (secondary N) is 1. The van der Waals surface area contributed by atoms with Crippen LogP contribution in [0, 0.1) is 0 Å². The number of aromatic nitrogens is 1. The lowest BCUT2D eigenvalue weighted by atomic mass is 10.1. The molecule has 3 N–H and O–H groups in total. The number of hydrazine groups is 1. The highest BCUT2D eigenvalue weighted by Gasteiger charge is 2.07. The van der Waals surface area contributed by atoms with Crippen LogP contribution in [0.5, 0.6) is 0 Å². The fourth-order valence-electron chi connectivity index (χ4n) is 1.41. The third-order valence-electron chi connectivity index (χ3n) is 2.40. The van der Waals surface area contributed by atoms with E-state index in [2.05, 4.69) is 10.4 Å². The Morgan fingerprint density at radius 2 is 2.06 bits per heavy atom. The highest BCUT2D eigenvalue weighted by atomic mass is 16.5. The van der Waals surface area contributed by atoms with Crippen molar-refractivity contribution >= 4 is 0 Å². The van der Waals surface area contributed by atoms with E-state index in [-0.39, 0.29) is 12.1 Å². The number of aryl methyl sites for hydroxylation is 1. The molecule has 1 atom stereocenters. The van der Waals surface area contributed by atoms with E-state index in [1.54, 1.807) is 0 Å². The summed E-state index contributed by atoms with van der Waals surface area (Å²) in [5.74, 6) is 5.48. The zero-order valence-corrected chi connectivity index (χ0v) is 10.0. The third kappa shape index (κ3) is 5.21. The summed E-state index contributed by atoms with van der Waals surface area (Å²) in [6, 6.07) is 4.25. The Bertz CT molecular complexity index is 277. The average molecular weight is 223 g/mol. The molecule has 0 radical (unpaired) electrons. The van der Waals surface area contributed by atoms with Gasteiger partial charge in [-0.15, -0.1) is 0 Å². The Hall–Kier alpha value is -0.970. The predicted molar refractivity (Wildman–Crippen MR) is 64.8 cm³/mol. The van der Waals surface area contributed by atoms with Crippen LogP contribution < -0.4 is 11.3 Å². The van der Waals surface area contributed by atoms with Gasteiger partial charge in [0, 0.05) is 18.4 Å². The second-order valence-corrected chi connectivity index (χ2v) is 4.14. The van der Waals surface area contributed by atoms with Crippen LogP contribution in [0.3, 0.4) is 0 Å². The number of nitrogens with zero attached hydrogens (tertiary/aromatic N) is 1. The van der Waals surface area contributed by atoms with E-state index in [1.165, 1.54) is 5.56 Å². The Kier molecular flexibility index (Phi) is 6.00. The van der Waals surface area contributed by atoms with Crippen molar-refractivity contribution in [1.82, 2.24) is 10.4 Å². The van der Waals surface area contributed by atoms with Crippen molar-refractivity contribution in [1.29, 1.82) is 0 Å². The summed E-state index contributed by atoms with van der Waals surface area (Å²) in [6.45, 7) is 4.70. The minimum Gasteiger partial charge on any atom is -0.377 e. The van der Waals surface area contributed by atoms with Crippen LogP contribution in [0.2, 0.25) is 0 Å². The number of ether oxygens (including phenoxy) is 1. The maximum atomic E-state index is 5.53. The Balaban J connectivity index is 2.28. The first-order chi connectivity index (χ1) is 7.72. The molecule has 0 saturated carbocycles. The summed E-state index contributed by atoms with van der Waals surface area (Å²) in [5.41, 5.74) is 4.06. The molecule has 0 fully saturated rings. The molecular weight excluding hydrogens is 202 g/mol. The molecule has 1 rings (SSSR count). The maximum Gasteiger partial charge on any atom is 0.0636 e. The van der Waals surface area contributed by atoms with E-state index in [0.29, 0.717) is 6.61 Å². The maximum absolute atomic E-state index is 5.53. The molecule has 1 aromatic heterocycles. The van der Waals surface area contributed by atoms with Gasteiger partial charge in [-0.25, -0.2) is 0 Å². The van der Waals surface area contributed by atoms with E-state index in [1.807, 2.05) is 38.4 Å². The van der Waals surface area contributed by atoms with E-state index >= 15 is 0 Å². The van der Waals surface area contributed by atoms with Crippen LogP contribution in [0.4, 0.5) is 0 Å². The van der Waals surface area contributed by atoms with Crippen molar-refractivity contribution in [3.8, 4) is 0 Å². The molecular formula is C12H21N3O. The van der Waals surface area contributed by atoms with Crippen LogP contribution in [0.25, 0.3) is 0 Å². The first-order valence-corrected chi connectivity index (χ1v) is 5.69. The second kappa shape index (κ2) is 7.33. The molecule has 1 unspecified atom stereocenters. The highest BCUT2D eigenvalue weighted by molar-refractivity contribution is 5.09. The lowest BCUT2D eigenvalue weighted by Crippen LogP contribution is -2.39. The summed E-state index contributed by atoms with van der Waals surface area (Å²) in [5, 5.41) is 0. The van der Waals surface area contributed by atoms with Gasteiger partial charge in [0.25, 0.3) is 0 Å². The first-order valence-electron chi connectivity index (χ1n) is 5.69. The Morgan fingerprint density at radius 1 is 1.38 bits per heavy atom. The first kappa shape index (κ1) is 13.1. The number of nitrogens with two attached hydrogens (primary N) is 1. The van der Waals surface area contributed by atoms with Crippen molar-refractivity contribution in [2.24, 2.45) is 5.84 Å². The molecule has 0 saturated heterocycles. The van der Waals surface area contributed by atoms with E-state index in [4.69, 9.17) is 10.6 Å². The zero-order chi connectivity index (χ0) is 11.8. The Morgan fingerprint density at radius 3 is 2.62 bits per heavy atom. The normalized spacial score (nSPS) is 13.0. The molecule has 0 aliphatic rings. The number of hydrogen-bond acceptors (Lipinski definition) is 4. The molecule has 1 heterocycles. The molecule has 90 valence electrons. The zero-order valence-electron chi connectivity index (χ0n) is 10.0. The van der Waals surface area contributed by atoms with Gasteiger partial charge in [0.05, 0.1) is 12.7 Å². The molecule has 1 aromatic rings. The largest absolute Gasteiger partial charge is 0.377 e. The van der Waals surface area contributed by atoms with Gasteiger partial charge in [-0.1, -0.05) is 0 Å². The lowest BCUT2D eigenvalue weighted by molar-refractivity contribution is 0.0596.